The maximum atomic E-state index is 12.1. The Labute approximate surface area is 117 Å². The van der Waals surface area contributed by atoms with E-state index in [0.717, 1.165) is 5.56 Å². The molecule has 0 aliphatic rings. The number of amides is 1. The second-order valence-electron chi connectivity index (χ2n) is 4.45. The van der Waals surface area contributed by atoms with Gasteiger partial charge in [0.2, 0.25) is 5.91 Å². The number of hydrogen-bond acceptors (Lipinski definition) is 3. The molecular weight excluding hydrogens is 266 g/mol. The standard InChI is InChI=1S/C13H18ClN3O2/c1-9(7-12(15)16-19)17(2)13(18)8-10-3-5-11(14)6-4-10/h3-6,9,19H,7-8H2,1-2H3,(H2,15,16). The van der Waals surface area contributed by atoms with Gasteiger partial charge in [0, 0.05) is 24.5 Å². The summed E-state index contributed by atoms with van der Waals surface area (Å²) in [6.45, 7) is 1.85. The van der Waals surface area contributed by atoms with Gasteiger partial charge in [0.05, 0.1) is 6.42 Å². The monoisotopic (exact) mass is 283 g/mol. The van der Waals surface area contributed by atoms with Crippen molar-refractivity contribution in [1.29, 1.82) is 0 Å². The molecule has 3 N–H and O–H groups in total. The normalized spacial score (nSPS) is 13.1. The van der Waals surface area contributed by atoms with Crippen molar-refractivity contribution in [3.8, 4) is 0 Å². The molecule has 0 saturated carbocycles. The van der Waals surface area contributed by atoms with Crippen LogP contribution in [-0.4, -0.2) is 34.9 Å². The Bertz CT molecular complexity index is 459. The van der Waals surface area contributed by atoms with Gasteiger partial charge in [0.1, 0.15) is 5.84 Å². The molecule has 0 saturated heterocycles. The molecule has 1 amide bonds. The molecule has 104 valence electrons. The number of amidine groups is 1. The summed E-state index contributed by atoms with van der Waals surface area (Å²) < 4.78 is 0. The van der Waals surface area contributed by atoms with Crippen molar-refractivity contribution in [3.05, 3.63) is 34.9 Å². The van der Waals surface area contributed by atoms with E-state index in [1.165, 1.54) is 0 Å². The number of likely N-dealkylation sites (N-methyl/N-ethyl adjacent to an activating group) is 1. The van der Waals surface area contributed by atoms with Crippen molar-refractivity contribution in [2.24, 2.45) is 10.9 Å². The summed E-state index contributed by atoms with van der Waals surface area (Å²) in [7, 11) is 1.70. The highest BCUT2D eigenvalue weighted by molar-refractivity contribution is 6.30. The highest BCUT2D eigenvalue weighted by Crippen LogP contribution is 2.11. The summed E-state index contributed by atoms with van der Waals surface area (Å²) in [4.78, 5) is 13.6. The van der Waals surface area contributed by atoms with Gasteiger partial charge in [0.25, 0.3) is 0 Å². The van der Waals surface area contributed by atoms with Crippen LogP contribution in [0.5, 0.6) is 0 Å². The number of carbonyl (C=O) groups excluding carboxylic acids is 1. The highest BCUT2D eigenvalue weighted by Gasteiger charge is 2.17. The maximum Gasteiger partial charge on any atom is 0.226 e. The molecule has 0 aliphatic carbocycles. The molecule has 1 aromatic carbocycles. The lowest BCUT2D eigenvalue weighted by molar-refractivity contribution is -0.130. The summed E-state index contributed by atoms with van der Waals surface area (Å²) >= 11 is 5.79. The molecule has 5 nitrogen and oxygen atoms in total. The zero-order valence-corrected chi connectivity index (χ0v) is 11.8. The van der Waals surface area contributed by atoms with Crippen LogP contribution in [0.2, 0.25) is 5.02 Å². The summed E-state index contributed by atoms with van der Waals surface area (Å²) in [5, 5.41) is 12.1. The van der Waals surface area contributed by atoms with Crippen molar-refractivity contribution in [2.45, 2.75) is 25.8 Å². The quantitative estimate of drug-likeness (QED) is 0.375. The number of nitrogens with zero attached hydrogens (tertiary/aromatic N) is 2. The number of nitrogens with two attached hydrogens (primary N) is 1. The fraction of sp³-hybridized carbons (Fsp3) is 0.385. The minimum Gasteiger partial charge on any atom is -0.409 e. The SMILES string of the molecule is CC(C/C(N)=N/O)N(C)C(=O)Cc1ccc(Cl)cc1. The van der Waals surface area contributed by atoms with E-state index < -0.39 is 0 Å². The van der Waals surface area contributed by atoms with Crippen molar-refractivity contribution in [1.82, 2.24) is 4.90 Å². The molecule has 0 bridgehead atoms. The van der Waals surface area contributed by atoms with Crippen molar-refractivity contribution >= 4 is 23.3 Å². The number of oxime groups is 1. The Morgan fingerprint density at radius 2 is 2.05 bits per heavy atom. The van der Waals surface area contributed by atoms with E-state index in [1.807, 2.05) is 19.1 Å². The van der Waals surface area contributed by atoms with Crippen molar-refractivity contribution in [3.63, 3.8) is 0 Å². The first-order valence-electron chi connectivity index (χ1n) is 5.90. The second kappa shape index (κ2) is 6.99. The zero-order valence-electron chi connectivity index (χ0n) is 11.0. The van der Waals surface area contributed by atoms with Gasteiger partial charge in [-0.3, -0.25) is 4.79 Å². The van der Waals surface area contributed by atoms with Gasteiger partial charge in [-0.15, -0.1) is 0 Å². The molecule has 0 aromatic heterocycles. The third-order valence-corrected chi connectivity index (χ3v) is 3.21. The Morgan fingerprint density at radius 1 is 1.47 bits per heavy atom. The molecule has 1 rings (SSSR count). The molecular formula is C13H18ClN3O2. The first kappa shape index (κ1) is 15.3. The molecule has 19 heavy (non-hydrogen) atoms. The predicted molar refractivity (Wildman–Crippen MR) is 75.4 cm³/mol. The predicted octanol–water partition coefficient (Wildman–Crippen LogP) is 1.87. The first-order valence-corrected chi connectivity index (χ1v) is 6.28. The molecule has 0 fully saturated rings. The third kappa shape index (κ3) is 4.79. The number of halogens is 1. The van der Waals surface area contributed by atoms with E-state index >= 15 is 0 Å². The Morgan fingerprint density at radius 3 is 2.58 bits per heavy atom. The first-order chi connectivity index (χ1) is 8.93. The van der Waals surface area contributed by atoms with E-state index in [2.05, 4.69) is 5.16 Å². The van der Waals surface area contributed by atoms with E-state index in [1.54, 1.807) is 24.1 Å². The van der Waals surface area contributed by atoms with Gasteiger partial charge < -0.3 is 15.8 Å². The Hall–Kier alpha value is -1.75. The van der Waals surface area contributed by atoms with Crippen LogP contribution < -0.4 is 5.73 Å². The number of rotatable bonds is 5. The van der Waals surface area contributed by atoms with Gasteiger partial charge >= 0.3 is 0 Å². The van der Waals surface area contributed by atoms with Crippen LogP contribution in [0.25, 0.3) is 0 Å². The number of carbonyl (C=O) groups is 1. The van der Waals surface area contributed by atoms with Crippen LogP contribution in [0.4, 0.5) is 0 Å². The lowest BCUT2D eigenvalue weighted by atomic mass is 10.1. The van der Waals surface area contributed by atoms with Crippen LogP contribution in [0.3, 0.4) is 0 Å². The van der Waals surface area contributed by atoms with Gasteiger partial charge in [0.15, 0.2) is 0 Å². The number of hydrogen-bond donors (Lipinski definition) is 2. The van der Waals surface area contributed by atoms with E-state index in [0.29, 0.717) is 17.9 Å². The molecule has 0 aliphatic heterocycles. The summed E-state index contributed by atoms with van der Waals surface area (Å²) in [6, 6.07) is 7.02. The van der Waals surface area contributed by atoms with Crippen molar-refractivity contribution in [2.75, 3.05) is 7.05 Å². The van der Waals surface area contributed by atoms with E-state index in [-0.39, 0.29) is 17.8 Å². The van der Waals surface area contributed by atoms with Gasteiger partial charge in [-0.1, -0.05) is 28.9 Å². The molecule has 0 spiro atoms. The summed E-state index contributed by atoms with van der Waals surface area (Å²) in [6.07, 6.45) is 0.632. The van der Waals surface area contributed by atoms with Crippen LogP contribution >= 0.6 is 11.6 Å². The van der Waals surface area contributed by atoms with Crippen LogP contribution in [-0.2, 0) is 11.2 Å². The average Bonchev–Trinajstić information content (AvgIpc) is 2.40. The molecule has 1 unspecified atom stereocenters. The molecule has 6 heteroatoms. The van der Waals surface area contributed by atoms with Gasteiger partial charge in [-0.25, -0.2) is 0 Å². The van der Waals surface area contributed by atoms with E-state index in [4.69, 9.17) is 22.5 Å². The number of benzene rings is 1. The second-order valence-corrected chi connectivity index (χ2v) is 4.89. The third-order valence-electron chi connectivity index (χ3n) is 2.96. The minimum atomic E-state index is -0.129. The fourth-order valence-corrected chi connectivity index (χ4v) is 1.75. The largest absolute Gasteiger partial charge is 0.409 e. The summed E-state index contributed by atoms with van der Waals surface area (Å²) in [5.74, 6) is 0.0826. The zero-order chi connectivity index (χ0) is 14.4. The topological polar surface area (TPSA) is 78.9 Å². The molecule has 1 atom stereocenters. The fourth-order valence-electron chi connectivity index (χ4n) is 1.63. The van der Waals surface area contributed by atoms with Gasteiger partial charge in [-0.2, -0.15) is 0 Å². The van der Waals surface area contributed by atoms with Gasteiger partial charge in [-0.05, 0) is 24.6 Å². The van der Waals surface area contributed by atoms with Crippen molar-refractivity contribution < 1.29 is 10.0 Å². The van der Waals surface area contributed by atoms with Crippen LogP contribution in [0.1, 0.15) is 18.9 Å². The highest BCUT2D eigenvalue weighted by atomic mass is 35.5. The van der Waals surface area contributed by atoms with Crippen LogP contribution in [0, 0.1) is 0 Å². The smallest absolute Gasteiger partial charge is 0.226 e. The molecule has 0 radical (unpaired) electrons. The Kier molecular flexibility index (Phi) is 5.63. The summed E-state index contributed by atoms with van der Waals surface area (Å²) in [5.41, 5.74) is 6.33. The lowest BCUT2D eigenvalue weighted by Crippen LogP contribution is -2.38. The maximum absolute atomic E-state index is 12.1. The molecule has 1 aromatic rings. The minimum absolute atomic E-state index is 0.0273. The van der Waals surface area contributed by atoms with Crippen LogP contribution in [0.15, 0.2) is 29.4 Å². The lowest BCUT2D eigenvalue weighted by Gasteiger charge is -2.24. The van der Waals surface area contributed by atoms with E-state index in [9.17, 15) is 4.79 Å². The molecule has 0 heterocycles. The average molecular weight is 284 g/mol. The Balaban J connectivity index is 2.59.